The average molecular weight is 724 g/mol. The van der Waals surface area contributed by atoms with Crippen LogP contribution in [-0.2, 0) is 10.8 Å². The molecule has 1 aliphatic carbocycles. The van der Waals surface area contributed by atoms with Gasteiger partial charge in [0.1, 0.15) is 0 Å². The Labute approximate surface area is 325 Å². The molecule has 270 valence electrons. The number of hydrogen-bond acceptors (Lipinski definition) is 3. The van der Waals surface area contributed by atoms with Crippen molar-refractivity contribution in [2.75, 3.05) is 0 Å². The highest BCUT2D eigenvalue weighted by molar-refractivity contribution is 6.25. The van der Waals surface area contributed by atoms with Gasteiger partial charge in [0.05, 0.1) is 22.1 Å². The van der Waals surface area contributed by atoms with Gasteiger partial charge in [0.15, 0.2) is 11.6 Å². The third-order valence-electron chi connectivity index (χ3n) is 12.4. The van der Waals surface area contributed by atoms with E-state index in [1.807, 2.05) is 36.4 Å². The first-order chi connectivity index (χ1) is 27.2. The summed E-state index contributed by atoms with van der Waals surface area (Å²) in [7, 11) is 0. The van der Waals surface area contributed by atoms with Gasteiger partial charge in [-0.05, 0) is 88.0 Å². The van der Waals surface area contributed by atoms with Crippen LogP contribution in [0, 0.1) is 0 Å². The molecule has 0 bridgehead atoms. The molecule has 0 amide bonds. The van der Waals surface area contributed by atoms with Crippen LogP contribution in [0.1, 0.15) is 51.7 Å². The zero-order valence-electron chi connectivity index (χ0n) is 32.1. The molecule has 0 spiro atoms. The average Bonchev–Trinajstić information content (AvgIpc) is 3.73. The molecule has 3 heterocycles. The molecule has 11 rings (SSSR count). The van der Waals surface area contributed by atoms with Gasteiger partial charge in [-0.3, -0.25) is 4.57 Å². The first kappa shape index (κ1) is 32.8. The fourth-order valence-electron chi connectivity index (χ4n) is 9.32. The van der Waals surface area contributed by atoms with Crippen LogP contribution in [0.25, 0.3) is 88.8 Å². The van der Waals surface area contributed by atoms with E-state index >= 15 is 0 Å². The number of para-hydroxylation sites is 1. The highest BCUT2D eigenvalue weighted by atomic mass is 15.2. The summed E-state index contributed by atoms with van der Waals surface area (Å²) in [6.07, 6.45) is 2.27. The van der Waals surface area contributed by atoms with E-state index in [0.29, 0.717) is 17.6 Å². The van der Waals surface area contributed by atoms with Crippen LogP contribution < -0.4 is 0 Å². The van der Waals surface area contributed by atoms with Gasteiger partial charge in [-0.25, -0.2) is 4.98 Å². The molecule has 0 N–H and O–H groups in total. The zero-order chi connectivity index (χ0) is 37.8. The monoisotopic (exact) mass is 723 g/mol. The normalized spacial score (nSPS) is 14.9. The van der Waals surface area contributed by atoms with Crippen molar-refractivity contribution in [3.05, 3.63) is 163 Å². The Balaban J connectivity index is 1.33. The van der Waals surface area contributed by atoms with Gasteiger partial charge >= 0.3 is 0 Å². The van der Waals surface area contributed by atoms with Crippen LogP contribution in [0.3, 0.4) is 0 Å². The molecule has 0 unspecified atom stereocenters. The second kappa shape index (κ2) is 12.0. The summed E-state index contributed by atoms with van der Waals surface area (Å²) >= 11 is 0. The van der Waals surface area contributed by atoms with Crippen molar-refractivity contribution in [1.29, 1.82) is 0 Å². The summed E-state index contributed by atoms with van der Waals surface area (Å²) in [6.45, 7) is 9.62. The lowest BCUT2D eigenvalue weighted by Gasteiger charge is -2.42. The molecule has 0 radical (unpaired) electrons. The predicted molar refractivity (Wildman–Crippen MR) is 232 cm³/mol. The van der Waals surface area contributed by atoms with E-state index in [-0.39, 0.29) is 10.8 Å². The maximum absolute atomic E-state index is 5.33. The zero-order valence-corrected chi connectivity index (χ0v) is 32.1. The SMILES string of the molecule is CC1(C)CCC(C)(C)c2cc3c(cc21)c1cc2c(cc1n3-c1nc(-c3ccccc3)nc(-c3ccccc3)n1)c1c3ccccc3ccc1n2-c1ccccc1. The maximum atomic E-state index is 5.33. The van der Waals surface area contributed by atoms with Crippen LogP contribution in [0.4, 0.5) is 0 Å². The molecule has 0 atom stereocenters. The minimum atomic E-state index is 0.0214. The van der Waals surface area contributed by atoms with Crippen molar-refractivity contribution < 1.29 is 0 Å². The molecule has 7 aromatic carbocycles. The van der Waals surface area contributed by atoms with Crippen LogP contribution >= 0.6 is 0 Å². The molecule has 1 aliphatic rings. The molecule has 56 heavy (non-hydrogen) atoms. The summed E-state index contributed by atoms with van der Waals surface area (Å²) in [5.41, 5.74) is 10.5. The first-order valence-corrected chi connectivity index (χ1v) is 19.7. The van der Waals surface area contributed by atoms with Crippen LogP contribution in [-0.4, -0.2) is 24.1 Å². The second-order valence-electron chi connectivity index (χ2n) is 16.8. The molecule has 0 saturated heterocycles. The number of fused-ring (bicyclic) bond motifs is 9. The Hall–Kier alpha value is -6.59. The summed E-state index contributed by atoms with van der Waals surface area (Å²) < 4.78 is 4.76. The molecule has 0 saturated carbocycles. The van der Waals surface area contributed by atoms with Gasteiger partial charge in [0.2, 0.25) is 5.95 Å². The van der Waals surface area contributed by atoms with E-state index in [9.17, 15) is 0 Å². The van der Waals surface area contributed by atoms with E-state index in [4.69, 9.17) is 15.0 Å². The van der Waals surface area contributed by atoms with Crippen molar-refractivity contribution in [2.45, 2.75) is 51.4 Å². The molecular weight excluding hydrogens is 683 g/mol. The van der Waals surface area contributed by atoms with Gasteiger partial charge in [0, 0.05) is 38.4 Å². The largest absolute Gasteiger partial charge is 0.309 e. The maximum Gasteiger partial charge on any atom is 0.238 e. The highest BCUT2D eigenvalue weighted by Gasteiger charge is 2.38. The molecule has 0 aliphatic heterocycles. The van der Waals surface area contributed by atoms with Crippen molar-refractivity contribution in [1.82, 2.24) is 24.1 Å². The Morgan fingerprint density at radius 1 is 0.429 bits per heavy atom. The molecule has 0 fully saturated rings. The second-order valence-corrected chi connectivity index (χ2v) is 16.8. The first-order valence-electron chi connectivity index (χ1n) is 19.7. The van der Waals surface area contributed by atoms with Crippen LogP contribution in [0.2, 0.25) is 0 Å². The summed E-state index contributed by atoms with van der Waals surface area (Å²) in [5.74, 6) is 1.91. The molecular formula is C51H41N5. The molecule has 5 nitrogen and oxygen atoms in total. The molecule has 5 heteroatoms. The van der Waals surface area contributed by atoms with E-state index in [0.717, 1.165) is 40.7 Å². The Morgan fingerprint density at radius 2 is 0.946 bits per heavy atom. The number of nitrogens with zero attached hydrogens (tertiary/aromatic N) is 5. The van der Waals surface area contributed by atoms with Crippen LogP contribution in [0.5, 0.6) is 0 Å². The van der Waals surface area contributed by atoms with Gasteiger partial charge in [-0.15, -0.1) is 0 Å². The lowest BCUT2D eigenvalue weighted by molar-refractivity contribution is 0.332. The van der Waals surface area contributed by atoms with Gasteiger partial charge < -0.3 is 4.57 Å². The Morgan fingerprint density at radius 3 is 1.61 bits per heavy atom. The third-order valence-corrected chi connectivity index (χ3v) is 12.4. The standard InChI is InChI=1S/C51H41N5/c1-50(2)26-27-51(3,4)41-31-45-37(28-40(41)50)38-29-44-39(46-36-23-15-14-16-32(36)24-25-42(46)55(44)35-21-12-7-13-22-35)30-43(38)56(45)49-53-47(33-17-8-5-9-18-33)52-48(54-49)34-19-10-6-11-20-34/h5-25,28-31H,26-27H2,1-4H3. The summed E-state index contributed by atoms with van der Waals surface area (Å²) in [4.78, 5) is 15.7. The predicted octanol–water partition coefficient (Wildman–Crippen LogP) is 12.9. The number of aromatic nitrogens is 5. The van der Waals surface area contributed by atoms with Crippen molar-refractivity contribution in [2.24, 2.45) is 0 Å². The highest BCUT2D eigenvalue weighted by Crippen LogP contribution is 2.49. The quantitative estimate of drug-likeness (QED) is 0.182. The van der Waals surface area contributed by atoms with E-state index in [1.165, 1.54) is 54.5 Å². The molecule has 3 aromatic heterocycles. The van der Waals surface area contributed by atoms with Gasteiger partial charge in [-0.1, -0.05) is 137 Å². The minimum absolute atomic E-state index is 0.0214. The number of benzene rings is 7. The third kappa shape index (κ3) is 4.90. The number of hydrogen-bond donors (Lipinski definition) is 0. The van der Waals surface area contributed by atoms with Crippen molar-refractivity contribution in [3.8, 4) is 34.4 Å². The lowest BCUT2D eigenvalue weighted by atomic mass is 9.63. The fraction of sp³-hybridized carbons (Fsp3) is 0.157. The fourth-order valence-corrected chi connectivity index (χ4v) is 9.32. The topological polar surface area (TPSA) is 48.5 Å². The smallest absolute Gasteiger partial charge is 0.238 e. The number of rotatable bonds is 4. The van der Waals surface area contributed by atoms with Crippen molar-refractivity contribution >= 4 is 54.4 Å². The van der Waals surface area contributed by atoms with E-state index in [1.54, 1.807) is 0 Å². The van der Waals surface area contributed by atoms with Gasteiger partial charge in [0.25, 0.3) is 0 Å². The molecule has 10 aromatic rings. The summed E-state index contributed by atoms with van der Waals surface area (Å²) in [6, 6.07) is 54.4. The Bertz CT molecular complexity index is 3110. The van der Waals surface area contributed by atoms with Crippen molar-refractivity contribution in [3.63, 3.8) is 0 Å². The summed E-state index contributed by atoms with van der Waals surface area (Å²) in [5, 5.41) is 7.30. The minimum Gasteiger partial charge on any atom is -0.309 e. The Kier molecular flexibility index (Phi) is 7.00. The van der Waals surface area contributed by atoms with E-state index < -0.39 is 0 Å². The van der Waals surface area contributed by atoms with E-state index in [2.05, 4.69) is 152 Å². The van der Waals surface area contributed by atoms with Crippen LogP contribution in [0.15, 0.2) is 152 Å². The lowest BCUT2D eigenvalue weighted by Crippen LogP contribution is -2.33. The van der Waals surface area contributed by atoms with Gasteiger partial charge in [-0.2, -0.15) is 9.97 Å².